The van der Waals surface area contributed by atoms with Gasteiger partial charge in [-0.05, 0) is 31.5 Å². The normalized spacial score (nSPS) is 19.4. The molecule has 3 N–H and O–H groups in total. The van der Waals surface area contributed by atoms with Gasteiger partial charge in [-0.3, -0.25) is 9.59 Å². The van der Waals surface area contributed by atoms with E-state index in [2.05, 4.69) is 5.32 Å². The van der Waals surface area contributed by atoms with Crippen molar-refractivity contribution in [3.8, 4) is 5.75 Å². The van der Waals surface area contributed by atoms with Gasteiger partial charge in [0.05, 0.1) is 11.8 Å². The van der Waals surface area contributed by atoms with Gasteiger partial charge in [-0.25, -0.2) is 0 Å². The number of carbonyl (C=O) groups excluding carboxylic acids is 2. The van der Waals surface area contributed by atoms with E-state index in [1.165, 1.54) is 11.2 Å². The molecule has 0 radical (unpaired) electrons. The lowest BCUT2D eigenvalue weighted by molar-refractivity contribution is -0.124. The number of ether oxygens (including phenoxy) is 1. The van der Waals surface area contributed by atoms with Crippen LogP contribution in [0.5, 0.6) is 5.75 Å². The zero-order chi connectivity index (χ0) is 18.7. The molecule has 0 aliphatic carbocycles. The number of nitrogens with one attached hydrogen (secondary N) is 1. The molecule has 0 spiro atoms. The topological polar surface area (TPSA) is 97.8 Å². The van der Waals surface area contributed by atoms with Crippen LogP contribution >= 0.6 is 0 Å². The van der Waals surface area contributed by atoms with Crippen LogP contribution in [0.2, 0.25) is 0 Å². The first-order valence-corrected chi connectivity index (χ1v) is 8.53. The fourth-order valence-corrected chi connectivity index (χ4v) is 3.09. The number of aryl methyl sites for hydroxylation is 1. The van der Waals surface area contributed by atoms with E-state index in [-0.39, 0.29) is 24.5 Å². The monoisotopic (exact) mass is 357 g/mol. The molecule has 1 aliphatic rings. The Labute approximate surface area is 152 Å². The van der Waals surface area contributed by atoms with Crippen LogP contribution in [0.1, 0.15) is 28.1 Å². The number of furan rings is 1. The highest BCUT2D eigenvalue weighted by Crippen LogP contribution is 2.23. The summed E-state index contributed by atoms with van der Waals surface area (Å²) in [5.41, 5.74) is 7.49. The minimum absolute atomic E-state index is 0.127. The number of likely N-dealkylation sites (tertiary alicyclic amines) is 1. The van der Waals surface area contributed by atoms with E-state index in [1.54, 1.807) is 13.1 Å². The Morgan fingerprint density at radius 3 is 2.73 bits per heavy atom. The lowest BCUT2D eigenvalue weighted by Gasteiger charge is -2.23. The number of nitrogens with zero attached hydrogens (tertiary/aromatic N) is 1. The maximum absolute atomic E-state index is 12.9. The zero-order valence-corrected chi connectivity index (χ0v) is 14.9. The van der Waals surface area contributed by atoms with E-state index in [9.17, 15) is 9.59 Å². The minimum atomic E-state index is -0.566. The number of hydrogen-bond acceptors (Lipinski definition) is 5. The third kappa shape index (κ3) is 3.72. The van der Waals surface area contributed by atoms with Gasteiger partial charge in [-0.1, -0.05) is 17.7 Å². The summed E-state index contributed by atoms with van der Waals surface area (Å²) in [4.78, 5) is 26.5. The van der Waals surface area contributed by atoms with E-state index in [0.717, 1.165) is 5.56 Å². The van der Waals surface area contributed by atoms with Crippen LogP contribution in [0.4, 0.5) is 0 Å². The molecule has 7 heteroatoms. The van der Waals surface area contributed by atoms with Crippen molar-refractivity contribution < 1.29 is 18.7 Å². The molecule has 2 aromatic rings. The van der Waals surface area contributed by atoms with Gasteiger partial charge in [-0.15, -0.1) is 0 Å². The summed E-state index contributed by atoms with van der Waals surface area (Å²) in [5, 5.41) is 2.59. The van der Waals surface area contributed by atoms with Crippen molar-refractivity contribution in [3.63, 3.8) is 0 Å². The summed E-state index contributed by atoms with van der Waals surface area (Å²) in [6, 6.07) is 8.43. The van der Waals surface area contributed by atoms with Crippen molar-refractivity contribution in [2.24, 2.45) is 5.73 Å². The third-order valence-corrected chi connectivity index (χ3v) is 4.51. The van der Waals surface area contributed by atoms with Crippen molar-refractivity contribution in [3.05, 3.63) is 53.5 Å². The molecule has 2 atom stereocenters. The Hall–Kier alpha value is -2.80. The van der Waals surface area contributed by atoms with Crippen LogP contribution in [0, 0.1) is 6.92 Å². The lowest BCUT2D eigenvalue weighted by Crippen LogP contribution is -2.45. The molecule has 2 heterocycles. The van der Waals surface area contributed by atoms with Crippen molar-refractivity contribution in [2.75, 3.05) is 13.6 Å². The molecule has 1 aromatic carbocycles. The summed E-state index contributed by atoms with van der Waals surface area (Å²) in [6.45, 7) is 2.46. The first-order chi connectivity index (χ1) is 12.5. The Morgan fingerprint density at radius 1 is 1.31 bits per heavy atom. The molecule has 0 saturated carbocycles. The van der Waals surface area contributed by atoms with Gasteiger partial charge in [0.25, 0.3) is 5.91 Å². The Morgan fingerprint density at radius 2 is 2.04 bits per heavy atom. The quantitative estimate of drug-likeness (QED) is 0.844. The smallest absolute Gasteiger partial charge is 0.258 e. The van der Waals surface area contributed by atoms with Gasteiger partial charge < -0.3 is 25.1 Å². The number of nitrogens with two attached hydrogens (primary N) is 1. The van der Waals surface area contributed by atoms with Crippen LogP contribution in [0.25, 0.3) is 0 Å². The van der Waals surface area contributed by atoms with Gasteiger partial charge >= 0.3 is 0 Å². The maximum Gasteiger partial charge on any atom is 0.258 e. The van der Waals surface area contributed by atoms with E-state index in [0.29, 0.717) is 30.0 Å². The Bertz CT molecular complexity index is 784. The van der Waals surface area contributed by atoms with E-state index in [1.807, 2.05) is 31.2 Å². The zero-order valence-electron chi connectivity index (χ0n) is 14.9. The molecular formula is C19H23N3O4. The lowest BCUT2D eigenvalue weighted by atomic mass is 10.1. The SMILES string of the molecule is CNC(=O)[C@@H]1C[C@H](N)CN1C(=O)c1ccoc1COc1ccc(C)cc1. The van der Waals surface area contributed by atoms with Crippen molar-refractivity contribution in [2.45, 2.75) is 32.0 Å². The first kappa shape index (κ1) is 18.0. The molecule has 0 unspecified atom stereocenters. The molecule has 26 heavy (non-hydrogen) atoms. The molecule has 1 aromatic heterocycles. The largest absolute Gasteiger partial charge is 0.486 e. The Kier molecular flexibility index (Phi) is 5.27. The average molecular weight is 357 g/mol. The molecule has 0 bridgehead atoms. The van der Waals surface area contributed by atoms with Gasteiger partial charge in [0, 0.05) is 19.6 Å². The van der Waals surface area contributed by atoms with E-state index < -0.39 is 6.04 Å². The predicted octanol–water partition coefficient (Wildman–Crippen LogP) is 1.45. The fourth-order valence-electron chi connectivity index (χ4n) is 3.09. The number of amides is 2. The number of benzene rings is 1. The van der Waals surface area contributed by atoms with Crippen LogP contribution < -0.4 is 15.8 Å². The summed E-state index contributed by atoms with van der Waals surface area (Å²) in [5.74, 6) is 0.624. The van der Waals surface area contributed by atoms with Crippen molar-refractivity contribution in [1.82, 2.24) is 10.2 Å². The highest BCUT2D eigenvalue weighted by Gasteiger charge is 2.39. The third-order valence-electron chi connectivity index (χ3n) is 4.51. The highest BCUT2D eigenvalue weighted by atomic mass is 16.5. The van der Waals surface area contributed by atoms with Crippen LogP contribution in [0.3, 0.4) is 0 Å². The number of rotatable bonds is 5. The van der Waals surface area contributed by atoms with Crippen molar-refractivity contribution in [1.29, 1.82) is 0 Å². The Balaban J connectivity index is 1.73. The average Bonchev–Trinajstić information content (AvgIpc) is 3.26. The molecule has 7 nitrogen and oxygen atoms in total. The predicted molar refractivity (Wildman–Crippen MR) is 95.7 cm³/mol. The molecule has 1 aliphatic heterocycles. The number of likely N-dealkylation sites (N-methyl/N-ethyl adjacent to an activating group) is 1. The highest BCUT2D eigenvalue weighted by molar-refractivity contribution is 5.98. The second-order valence-corrected chi connectivity index (χ2v) is 6.44. The van der Waals surface area contributed by atoms with Crippen LogP contribution in [-0.4, -0.2) is 42.4 Å². The summed E-state index contributed by atoms with van der Waals surface area (Å²) in [7, 11) is 1.55. The van der Waals surface area contributed by atoms with Crippen LogP contribution in [0.15, 0.2) is 41.0 Å². The molecule has 2 amide bonds. The maximum atomic E-state index is 12.9. The fraction of sp³-hybridized carbons (Fsp3) is 0.368. The summed E-state index contributed by atoms with van der Waals surface area (Å²) in [6.07, 6.45) is 1.89. The second kappa shape index (κ2) is 7.61. The minimum Gasteiger partial charge on any atom is -0.486 e. The second-order valence-electron chi connectivity index (χ2n) is 6.44. The molecule has 1 saturated heterocycles. The van der Waals surface area contributed by atoms with Gasteiger partial charge in [-0.2, -0.15) is 0 Å². The molecular weight excluding hydrogens is 334 g/mol. The number of hydrogen-bond donors (Lipinski definition) is 2. The summed E-state index contributed by atoms with van der Waals surface area (Å²) < 4.78 is 11.1. The van der Waals surface area contributed by atoms with Crippen molar-refractivity contribution >= 4 is 11.8 Å². The summed E-state index contributed by atoms with van der Waals surface area (Å²) >= 11 is 0. The standard InChI is InChI=1S/C19H23N3O4/c1-12-3-5-14(6-4-12)26-11-17-15(7-8-25-17)19(24)22-10-13(20)9-16(22)18(23)21-2/h3-8,13,16H,9-11,20H2,1-2H3,(H,21,23)/t13-,16-/m0/s1. The first-order valence-electron chi connectivity index (χ1n) is 8.53. The molecule has 3 rings (SSSR count). The van der Waals surface area contributed by atoms with Gasteiger partial charge in [0.2, 0.25) is 5.91 Å². The van der Waals surface area contributed by atoms with Gasteiger partial charge in [0.1, 0.15) is 18.4 Å². The number of carbonyl (C=O) groups is 2. The molecule has 138 valence electrons. The molecule has 1 fully saturated rings. The van der Waals surface area contributed by atoms with E-state index in [4.69, 9.17) is 14.9 Å². The van der Waals surface area contributed by atoms with Gasteiger partial charge in [0.15, 0.2) is 5.76 Å². The van der Waals surface area contributed by atoms with Crippen LogP contribution in [-0.2, 0) is 11.4 Å². The van der Waals surface area contributed by atoms with E-state index >= 15 is 0 Å².